The van der Waals surface area contributed by atoms with Crippen LogP contribution in [0.5, 0.6) is 5.75 Å². The number of hydrogen-bond donors (Lipinski definition) is 0. The number of esters is 1. The third kappa shape index (κ3) is 4.25. The van der Waals surface area contributed by atoms with Gasteiger partial charge in [-0.2, -0.15) is 5.26 Å². The first kappa shape index (κ1) is 27.5. The molecule has 1 saturated heterocycles. The third-order valence-corrected chi connectivity index (χ3v) is 8.44. The number of ketones is 1. The molecule has 3 aromatic carbocycles. The Morgan fingerprint density at radius 3 is 2.45 bits per heavy atom. The molecule has 2 heterocycles. The fourth-order valence-electron chi connectivity index (χ4n) is 5.96. The van der Waals surface area contributed by atoms with Crippen molar-refractivity contribution in [2.45, 2.75) is 24.9 Å². The van der Waals surface area contributed by atoms with Crippen molar-refractivity contribution in [1.82, 2.24) is 0 Å². The summed E-state index contributed by atoms with van der Waals surface area (Å²) < 4.78 is 11.6. The second-order valence-corrected chi connectivity index (χ2v) is 10.9. The van der Waals surface area contributed by atoms with Gasteiger partial charge in [-0.1, -0.05) is 42.5 Å². The minimum absolute atomic E-state index is 0.117. The zero-order valence-corrected chi connectivity index (χ0v) is 24.4. The summed E-state index contributed by atoms with van der Waals surface area (Å²) in [7, 11) is 5.45. The normalized spacial score (nSPS) is 22.6. The average Bonchev–Trinajstić information content (AvgIpc) is 3.28. The maximum Gasteiger partial charge on any atom is 0.329 e. The Bertz CT molecular complexity index is 1530. The number of para-hydroxylation sites is 1. The molecule has 1 fully saturated rings. The van der Waals surface area contributed by atoms with Gasteiger partial charge in [0.2, 0.25) is 0 Å². The van der Waals surface area contributed by atoms with Gasteiger partial charge in [0.15, 0.2) is 11.2 Å². The molecule has 7 nitrogen and oxygen atoms in total. The molecule has 0 aromatic heterocycles. The smallest absolute Gasteiger partial charge is 0.329 e. The number of anilines is 2. The summed E-state index contributed by atoms with van der Waals surface area (Å²) in [6.45, 7) is 1.84. The molecule has 0 amide bonds. The molecule has 40 heavy (non-hydrogen) atoms. The molecule has 0 radical (unpaired) electrons. The van der Waals surface area contributed by atoms with E-state index in [0.717, 1.165) is 16.9 Å². The molecule has 0 unspecified atom stereocenters. The number of Topliss-reactive ketones (excluding diaryl/α,β-unsaturated/α-hetero) is 1. The summed E-state index contributed by atoms with van der Waals surface area (Å²) >= 11 is 3.51. The Hall–Kier alpha value is -4.09. The lowest BCUT2D eigenvalue weighted by Crippen LogP contribution is -2.47. The second-order valence-electron chi connectivity index (χ2n) is 10.1. The van der Waals surface area contributed by atoms with Gasteiger partial charge in [-0.15, -0.1) is 0 Å². The lowest BCUT2D eigenvalue weighted by atomic mass is 9.68. The van der Waals surface area contributed by atoms with Gasteiger partial charge in [-0.25, -0.2) is 0 Å². The van der Waals surface area contributed by atoms with E-state index >= 15 is 0 Å². The molecule has 0 aliphatic carbocycles. The molecule has 204 valence electrons. The van der Waals surface area contributed by atoms with Gasteiger partial charge in [0.1, 0.15) is 11.8 Å². The summed E-state index contributed by atoms with van der Waals surface area (Å²) in [5, 5.41) is 10.9. The van der Waals surface area contributed by atoms with Crippen molar-refractivity contribution in [3.05, 3.63) is 94.0 Å². The molecule has 3 aromatic rings. The Morgan fingerprint density at radius 1 is 1.10 bits per heavy atom. The molecular formula is C32H30BrN3O4. The van der Waals surface area contributed by atoms with Crippen LogP contribution in [0.1, 0.15) is 34.3 Å². The molecule has 0 N–H and O–H groups in total. The van der Waals surface area contributed by atoms with Crippen LogP contribution in [0.25, 0.3) is 6.08 Å². The van der Waals surface area contributed by atoms with E-state index in [9.17, 15) is 14.9 Å². The summed E-state index contributed by atoms with van der Waals surface area (Å²) in [5.74, 6) is -1.06. The highest BCUT2D eigenvalue weighted by Gasteiger charge is 2.67. The van der Waals surface area contributed by atoms with Crippen molar-refractivity contribution >= 4 is 45.1 Å². The summed E-state index contributed by atoms with van der Waals surface area (Å²) in [6.07, 6.45) is 3.78. The van der Waals surface area contributed by atoms with Crippen LogP contribution in [0.4, 0.5) is 11.4 Å². The summed E-state index contributed by atoms with van der Waals surface area (Å²) in [5.41, 5.74) is 2.14. The number of nitrogens with zero attached hydrogens (tertiary/aromatic N) is 3. The number of hydrogen-bond acceptors (Lipinski definition) is 7. The number of nitriles is 1. The number of carbonyl (C=O) groups excluding carboxylic acids is 2. The van der Waals surface area contributed by atoms with Crippen LogP contribution in [-0.2, 0) is 9.53 Å². The van der Waals surface area contributed by atoms with Crippen molar-refractivity contribution in [1.29, 1.82) is 5.26 Å². The topological polar surface area (TPSA) is 82.9 Å². The van der Waals surface area contributed by atoms with Crippen LogP contribution in [0.2, 0.25) is 0 Å². The first-order valence-electron chi connectivity index (χ1n) is 13.1. The van der Waals surface area contributed by atoms with Crippen LogP contribution in [0.3, 0.4) is 0 Å². The maximum atomic E-state index is 14.6. The SMILES string of the molecule is CCOC(=O)[C@]1(C#N)[C@H](c2ccc(N(C)C)cc2)[C@@H](C(=O)c2ccc(OC)c(Br)c2)N2c3ccccc3C=C[C@@H]21. The summed E-state index contributed by atoms with van der Waals surface area (Å²) in [6, 6.07) is 21.4. The van der Waals surface area contributed by atoms with E-state index in [4.69, 9.17) is 9.47 Å². The molecule has 0 spiro atoms. The van der Waals surface area contributed by atoms with Gasteiger partial charge in [0.25, 0.3) is 0 Å². The molecule has 8 heteroatoms. The molecule has 2 aliphatic heterocycles. The van der Waals surface area contributed by atoms with E-state index in [1.807, 2.05) is 84.6 Å². The minimum Gasteiger partial charge on any atom is -0.496 e. The van der Waals surface area contributed by atoms with Crippen LogP contribution in [0, 0.1) is 16.7 Å². The van der Waals surface area contributed by atoms with Crippen LogP contribution < -0.4 is 14.5 Å². The lowest BCUT2D eigenvalue weighted by molar-refractivity contribution is -0.152. The Morgan fingerprint density at radius 2 is 1.82 bits per heavy atom. The number of ether oxygens (including phenoxy) is 2. The van der Waals surface area contributed by atoms with Crippen LogP contribution in [-0.4, -0.2) is 51.6 Å². The van der Waals surface area contributed by atoms with Crippen molar-refractivity contribution in [3.63, 3.8) is 0 Å². The van der Waals surface area contributed by atoms with Gasteiger partial charge < -0.3 is 19.3 Å². The lowest BCUT2D eigenvalue weighted by Gasteiger charge is -2.36. The van der Waals surface area contributed by atoms with E-state index < -0.39 is 29.4 Å². The number of benzene rings is 3. The molecular weight excluding hydrogens is 570 g/mol. The predicted molar refractivity (Wildman–Crippen MR) is 159 cm³/mol. The molecule has 0 saturated carbocycles. The number of halogens is 1. The standard InChI is InChI=1S/C32H30BrN3O4/c1-5-40-31(38)32(19-34)27-17-13-20-8-6-7-9-25(20)36(27)29(28(32)21-10-14-23(15-11-21)35(2)3)30(37)22-12-16-26(39-4)24(33)18-22/h6-18,27-29H,5H2,1-4H3/t27-,28-,29+,32+/m1/s1. The Labute approximate surface area is 242 Å². The van der Waals surface area contributed by atoms with Crippen molar-refractivity contribution in [3.8, 4) is 11.8 Å². The monoisotopic (exact) mass is 599 g/mol. The zero-order valence-electron chi connectivity index (χ0n) is 22.8. The van der Waals surface area contributed by atoms with E-state index in [-0.39, 0.29) is 12.4 Å². The number of methoxy groups -OCH3 is 1. The minimum atomic E-state index is -1.68. The van der Waals surface area contributed by atoms with E-state index in [1.54, 1.807) is 32.2 Å². The Kier molecular flexibility index (Phi) is 7.43. The van der Waals surface area contributed by atoms with E-state index in [1.165, 1.54) is 0 Å². The second kappa shape index (κ2) is 10.8. The fraction of sp³-hybridized carbons (Fsp3) is 0.281. The van der Waals surface area contributed by atoms with Gasteiger partial charge in [-0.05, 0) is 70.4 Å². The highest BCUT2D eigenvalue weighted by atomic mass is 79.9. The zero-order chi connectivity index (χ0) is 28.6. The average molecular weight is 601 g/mol. The molecule has 4 atom stereocenters. The predicted octanol–water partition coefficient (Wildman–Crippen LogP) is 5.85. The molecule has 2 aliphatic rings. The number of fused-ring (bicyclic) bond motifs is 3. The first-order chi connectivity index (χ1) is 19.3. The van der Waals surface area contributed by atoms with Crippen molar-refractivity contribution < 1.29 is 19.1 Å². The Balaban J connectivity index is 1.78. The highest BCUT2D eigenvalue weighted by Crippen LogP contribution is 2.56. The third-order valence-electron chi connectivity index (χ3n) is 7.82. The number of rotatable bonds is 7. The van der Waals surface area contributed by atoms with Crippen LogP contribution >= 0.6 is 15.9 Å². The van der Waals surface area contributed by atoms with Gasteiger partial charge in [0.05, 0.1) is 30.3 Å². The highest BCUT2D eigenvalue weighted by molar-refractivity contribution is 9.10. The largest absolute Gasteiger partial charge is 0.496 e. The quantitative estimate of drug-likeness (QED) is 0.249. The van der Waals surface area contributed by atoms with E-state index in [0.29, 0.717) is 21.3 Å². The van der Waals surface area contributed by atoms with Gasteiger partial charge >= 0.3 is 5.97 Å². The van der Waals surface area contributed by atoms with E-state index in [2.05, 4.69) is 22.0 Å². The van der Waals surface area contributed by atoms with Gasteiger partial charge in [0, 0.05) is 37.0 Å². The summed E-state index contributed by atoms with van der Waals surface area (Å²) in [4.78, 5) is 32.4. The fourth-order valence-corrected chi connectivity index (χ4v) is 6.50. The molecule has 5 rings (SSSR count). The van der Waals surface area contributed by atoms with Gasteiger partial charge in [-0.3, -0.25) is 9.59 Å². The number of carbonyl (C=O) groups is 2. The first-order valence-corrected chi connectivity index (χ1v) is 13.9. The van der Waals surface area contributed by atoms with Crippen molar-refractivity contribution in [2.24, 2.45) is 5.41 Å². The molecule has 0 bridgehead atoms. The maximum absolute atomic E-state index is 14.6. The van der Waals surface area contributed by atoms with Crippen molar-refractivity contribution in [2.75, 3.05) is 37.6 Å². The van der Waals surface area contributed by atoms with Crippen LogP contribution in [0.15, 0.2) is 77.3 Å².